The third-order valence-corrected chi connectivity index (χ3v) is 5.10. The van der Waals surface area contributed by atoms with Crippen LogP contribution < -0.4 is 27.0 Å². The molecule has 0 aromatic heterocycles. The van der Waals surface area contributed by atoms with Crippen molar-refractivity contribution in [1.29, 1.82) is 5.41 Å². The number of nitrogens with two attached hydrogens (primary N) is 1. The van der Waals surface area contributed by atoms with Crippen molar-refractivity contribution in [2.45, 2.75) is 31.6 Å². The number of nitrogens with zero attached hydrogens (tertiary/aromatic N) is 1. The van der Waals surface area contributed by atoms with Crippen LogP contribution in [0.15, 0.2) is 30.1 Å². The predicted molar refractivity (Wildman–Crippen MR) is 108 cm³/mol. The fourth-order valence-corrected chi connectivity index (χ4v) is 3.37. The molecule has 1 aliphatic carbocycles. The van der Waals surface area contributed by atoms with E-state index in [4.69, 9.17) is 15.9 Å². The SMILES string of the molecule is N=C(C(=CN)NC(=O)NC1CC1)C1Nc2ccc(CN3CCOCC3)cc2N1. The number of benzene rings is 1. The molecule has 1 saturated carbocycles. The van der Waals surface area contributed by atoms with Gasteiger partial charge in [-0.2, -0.15) is 0 Å². The van der Waals surface area contributed by atoms with Crippen molar-refractivity contribution in [3.63, 3.8) is 0 Å². The second-order valence-corrected chi connectivity index (χ2v) is 7.36. The quantitative estimate of drug-likeness (QED) is 0.405. The number of hydrogen-bond acceptors (Lipinski definition) is 7. The van der Waals surface area contributed by atoms with Crippen molar-refractivity contribution < 1.29 is 9.53 Å². The average molecular weight is 385 g/mol. The van der Waals surface area contributed by atoms with Gasteiger partial charge in [-0.3, -0.25) is 10.3 Å². The van der Waals surface area contributed by atoms with E-state index in [1.165, 1.54) is 11.8 Å². The molecule has 2 aliphatic heterocycles. The van der Waals surface area contributed by atoms with Gasteiger partial charge in [0, 0.05) is 31.9 Å². The topological polar surface area (TPSA) is 128 Å². The van der Waals surface area contributed by atoms with Crippen LogP contribution in [0.5, 0.6) is 0 Å². The molecule has 1 aromatic rings. The van der Waals surface area contributed by atoms with Gasteiger partial charge in [0.15, 0.2) is 0 Å². The van der Waals surface area contributed by atoms with Crippen molar-refractivity contribution in [3.8, 4) is 0 Å². The van der Waals surface area contributed by atoms with E-state index in [9.17, 15) is 4.79 Å². The minimum absolute atomic E-state index is 0.180. The highest BCUT2D eigenvalue weighted by Gasteiger charge is 2.28. The lowest BCUT2D eigenvalue weighted by molar-refractivity contribution is 0.0342. The van der Waals surface area contributed by atoms with Gasteiger partial charge in [0.1, 0.15) is 6.17 Å². The Kier molecular flexibility index (Phi) is 5.36. The summed E-state index contributed by atoms with van der Waals surface area (Å²) in [5.74, 6) is 0. The number of carbonyl (C=O) groups is 1. The summed E-state index contributed by atoms with van der Waals surface area (Å²) < 4.78 is 5.40. The highest BCUT2D eigenvalue weighted by atomic mass is 16.5. The van der Waals surface area contributed by atoms with E-state index in [1.54, 1.807) is 0 Å². The van der Waals surface area contributed by atoms with Gasteiger partial charge in [0.05, 0.1) is 36.0 Å². The van der Waals surface area contributed by atoms with Crippen LogP contribution in [-0.4, -0.2) is 55.2 Å². The van der Waals surface area contributed by atoms with E-state index in [0.717, 1.165) is 57.1 Å². The predicted octanol–water partition coefficient (Wildman–Crippen LogP) is 0.964. The highest BCUT2D eigenvalue weighted by molar-refractivity contribution is 6.08. The first-order valence-electron chi connectivity index (χ1n) is 9.66. The van der Waals surface area contributed by atoms with Crippen LogP contribution in [-0.2, 0) is 11.3 Å². The first-order valence-corrected chi connectivity index (χ1v) is 9.66. The van der Waals surface area contributed by atoms with Crippen molar-refractivity contribution >= 4 is 23.1 Å². The number of carbonyl (C=O) groups excluding carboxylic acids is 1. The number of morpholine rings is 1. The fourth-order valence-electron chi connectivity index (χ4n) is 3.37. The van der Waals surface area contributed by atoms with E-state index in [2.05, 4.69) is 38.3 Å². The molecule has 2 fully saturated rings. The van der Waals surface area contributed by atoms with Gasteiger partial charge in [-0.1, -0.05) is 6.07 Å². The van der Waals surface area contributed by atoms with E-state index in [1.807, 2.05) is 6.07 Å². The maximum Gasteiger partial charge on any atom is 0.319 e. The maximum absolute atomic E-state index is 12.0. The van der Waals surface area contributed by atoms with Crippen molar-refractivity contribution in [2.24, 2.45) is 5.73 Å². The summed E-state index contributed by atoms with van der Waals surface area (Å²) in [6.45, 7) is 4.31. The third-order valence-electron chi connectivity index (χ3n) is 5.10. The lowest BCUT2D eigenvalue weighted by Gasteiger charge is -2.26. The monoisotopic (exact) mass is 385 g/mol. The Hall–Kier alpha value is -2.78. The molecule has 0 radical (unpaired) electrons. The lowest BCUT2D eigenvalue weighted by Crippen LogP contribution is -2.43. The molecule has 3 aliphatic rings. The fraction of sp³-hybridized carbons (Fsp3) is 0.474. The molecule has 2 heterocycles. The molecule has 150 valence electrons. The lowest BCUT2D eigenvalue weighted by atomic mass is 10.1. The first-order chi connectivity index (χ1) is 13.6. The third kappa shape index (κ3) is 4.37. The van der Waals surface area contributed by atoms with Gasteiger partial charge in [0.25, 0.3) is 0 Å². The second-order valence-electron chi connectivity index (χ2n) is 7.36. The second kappa shape index (κ2) is 8.07. The van der Waals surface area contributed by atoms with E-state index in [-0.39, 0.29) is 23.5 Å². The molecule has 28 heavy (non-hydrogen) atoms. The zero-order chi connectivity index (χ0) is 19.5. The maximum atomic E-state index is 12.0. The minimum Gasteiger partial charge on any atom is -0.403 e. The molecule has 1 unspecified atom stereocenters. The Balaban J connectivity index is 1.36. The van der Waals surface area contributed by atoms with E-state index < -0.39 is 6.17 Å². The molecule has 1 aromatic carbocycles. The molecular weight excluding hydrogens is 358 g/mol. The van der Waals surface area contributed by atoms with Gasteiger partial charge in [0.2, 0.25) is 0 Å². The summed E-state index contributed by atoms with van der Waals surface area (Å²) in [6.07, 6.45) is 2.80. The molecule has 0 spiro atoms. The molecule has 4 rings (SSSR count). The zero-order valence-electron chi connectivity index (χ0n) is 15.8. The Morgan fingerprint density at radius 2 is 2.04 bits per heavy atom. The van der Waals surface area contributed by atoms with Gasteiger partial charge in [-0.25, -0.2) is 4.79 Å². The first kappa shape index (κ1) is 18.6. The van der Waals surface area contributed by atoms with Crippen LogP contribution in [0.25, 0.3) is 0 Å². The van der Waals surface area contributed by atoms with Gasteiger partial charge in [-0.05, 0) is 30.5 Å². The Morgan fingerprint density at radius 1 is 1.29 bits per heavy atom. The Bertz CT molecular complexity index is 784. The number of amides is 2. The molecule has 1 saturated heterocycles. The zero-order valence-corrected chi connectivity index (χ0v) is 15.8. The largest absolute Gasteiger partial charge is 0.403 e. The van der Waals surface area contributed by atoms with Crippen LogP contribution in [0.1, 0.15) is 18.4 Å². The summed E-state index contributed by atoms with van der Waals surface area (Å²) in [4.78, 5) is 14.3. The smallest absolute Gasteiger partial charge is 0.319 e. The van der Waals surface area contributed by atoms with Crippen molar-refractivity contribution in [1.82, 2.24) is 15.5 Å². The van der Waals surface area contributed by atoms with Crippen LogP contribution in [0.3, 0.4) is 0 Å². The van der Waals surface area contributed by atoms with Crippen LogP contribution in [0, 0.1) is 5.41 Å². The molecular formula is C19H27N7O2. The number of urea groups is 1. The number of hydrogen-bond donors (Lipinski definition) is 6. The molecule has 9 heteroatoms. The average Bonchev–Trinajstić information content (AvgIpc) is 3.41. The van der Waals surface area contributed by atoms with Crippen molar-refractivity contribution in [3.05, 3.63) is 35.7 Å². The van der Waals surface area contributed by atoms with E-state index >= 15 is 0 Å². The minimum atomic E-state index is -0.454. The summed E-state index contributed by atoms with van der Waals surface area (Å²) in [5, 5.41) is 20.5. The summed E-state index contributed by atoms with van der Waals surface area (Å²) in [6, 6.07) is 6.13. The summed E-state index contributed by atoms with van der Waals surface area (Å²) >= 11 is 0. The Labute approximate surface area is 164 Å². The summed E-state index contributed by atoms with van der Waals surface area (Å²) in [5.41, 5.74) is 9.20. The van der Waals surface area contributed by atoms with Gasteiger partial charge in [-0.15, -0.1) is 0 Å². The number of anilines is 2. The molecule has 7 N–H and O–H groups in total. The Morgan fingerprint density at radius 3 is 2.75 bits per heavy atom. The molecule has 9 nitrogen and oxygen atoms in total. The van der Waals surface area contributed by atoms with E-state index in [0.29, 0.717) is 0 Å². The van der Waals surface area contributed by atoms with Gasteiger partial charge >= 0.3 is 6.03 Å². The number of fused-ring (bicyclic) bond motifs is 1. The normalized spacial score (nSPS) is 22.0. The number of ether oxygens (including phenoxy) is 1. The van der Waals surface area contributed by atoms with Crippen molar-refractivity contribution in [2.75, 3.05) is 36.9 Å². The van der Waals surface area contributed by atoms with Gasteiger partial charge < -0.3 is 31.7 Å². The van der Waals surface area contributed by atoms with Crippen LogP contribution in [0.2, 0.25) is 0 Å². The number of rotatable bonds is 6. The summed E-state index contributed by atoms with van der Waals surface area (Å²) in [7, 11) is 0. The standard InChI is InChI=1S/C19H27N7O2/c20-10-16(25-19(27)22-13-2-3-13)17(21)18-23-14-4-1-12(9-15(14)24-18)11-26-5-7-28-8-6-26/h1,4,9-10,13,18,21,23-24H,2-3,5-8,11,20H2,(H2,22,25,27). The number of nitrogens with one attached hydrogen (secondary N) is 5. The molecule has 0 bridgehead atoms. The van der Waals surface area contributed by atoms with Crippen LogP contribution in [0.4, 0.5) is 16.2 Å². The van der Waals surface area contributed by atoms with Crippen LogP contribution >= 0.6 is 0 Å². The highest BCUT2D eigenvalue weighted by Crippen LogP contribution is 2.31. The molecule has 2 amide bonds. The molecule has 1 atom stereocenters.